The molecule has 1 aromatic carbocycles. The number of carbonyl (C=O) groups excluding carboxylic acids is 1. The van der Waals surface area contributed by atoms with E-state index in [0.717, 1.165) is 29.6 Å². The van der Waals surface area contributed by atoms with E-state index in [2.05, 4.69) is 6.92 Å². The lowest BCUT2D eigenvalue weighted by Crippen LogP contribution is -2.38. The van der Waals surface area contributed by atoms with Crippen LogP contribution < -0.4 is 5.63 Å². The summed E-state index contributed by atoms with van der Waals surface area (Å²) in [6.45, 7) is 3.77. The minimum Gasteiger partial charge on any atom is -0.422 e. The van der Waals surface area contributed by atoms with Crippen LogP contribution in [0.1, 0.15) is 29.4 Å². The molecule has 3 heterocycles. The van der Waals surface area contributed by atoms with Gasteiger partial charge < -0.3 is 9.32 Å². The molecule has 4 rings (SSSR count). The second-order valence-corrected chi connectivity index (χ2v) is 7.29. The highest BCUT2D eigenvalue weighted by atomic mass is 32.1. The summed E-state index contributed by atoms with van der Waals surface area (Å²) >= 11 is 1.39. The Bertz CT molecular complexity index is 956. The van der Waals surface area contributed by atoms with E-state index in [9.17, 15) is 9.59 Å². The highest BCUT2D eigenvalue weighted by Crippen LogP contribution is 2.31. The van der Waals surface area contributed by atoms with Crippen molar-refractivity contribution >= 4 is 38.3 Å². The van der Waals surface area contributed by atoms with Crippen LogP contribution in [0.5, 0.6) is 0 Å². The Morgan fingerprint density at radius 1 is 1.30 bits per heavy atom. The number of carbonyl (C=O) groups is 1. The molecule has 1 amide bonds. The maximum Gasteiger partial charge on any atom is 0.345 e. The Labute approximate surface area is 137 Å². The monoisotopic (exact) mass is 327 g/mol. The second kappa shape index (κ2) is 5.49. The SMILES string of the molecule is C[C@H]1CCCN(C(=O)c2cc3c(=O)oc4ccccc4c3s2)C1. The zero-order valence-electron chi connectivity index (χ0n) is 12.9. The number of piperidine rings is 1. The summed E-state index contributed by atoms with van der Waals surface area (Å²) in [6.07, 6.45) is 2.22. The maximum absolute atomic E-state index is 12.8. The van der Waals surface area contributed by atoms with Crippen molar-refractivity contribution in [2.24, 2.45) is 5.92 Å². The molecule has 1 fully saturated rings. The van der Waals surface area contributed by atoms with Gasteiger partial charge in [-0.15, -0.1) is 11.3 Å². The molecule has 118 valence electrons. The molecule has 0 unspecified atom stereocenters. The molecule has 0 spiro atoms. The van der Waals surface area contributed by atoms with Gasteiger partial charge in [0.05, 0.1) is 15.0 Å². The fourth-order valence-corrected chi connectivity index (χ4v) is 4.42. The maximum atomic E-state index is 12.8. The van der Waals surface area contributed by atoms with E-state index >= 15 is 0 Å². The predicted octanol–water partition coefficient (Wildman–Crippen LogP) is 3.88. The first-order valence-corrected chi connectivity index (χ1v) is 8.70. The van der Waals surface area contributed by atoms with Crippen molar-refractivity contribution in [3.05, 3.63) is 45.6 Å². The van der Waals surface area contributed by atoms with Crippen LogP contribution in [0.15, 0.2) is 39.5 Å². The zero-order valence-corrected chi connectivity index (χ0v) is 13.7. The van der Waals surface area contributed by atoms with Crippen molar-refractivity contribution in [3.8, 4) is 0 Å². The van der Waals surface area contributed by atoms with Crippen molar-refractivity contribution in [1.82, 2.24) is 4.90 Å². The van der Waals surface area contributed by atoms with Crippen LogP contribution in [0.25, 0.3) is 21.1 Å². The molecular weight excluding hydrogens is 310 g/mol. The molecule has 0 bridgehead atoms. The number of likely N-dealkylation sites (tertiary alicyclic amines) is 1. The summed E-state index contributed by atoms with van der Waals surface area (Å²) in [5, 5.41) is 1.39. The molecule has 1 aliphatic rings. The Balaban J connectivity index is 1.82. The smallest absolute Gasteiger partial charge is 0.345 e. The van der Waals surface area contributed by atoms with E-state index < -0.39 is 0 Å². The number of benzene rings is 1. The van der Waals surface area contributed by atoms with Gasteiger partial charge in [-0.2, -0.15) is 0 Å². The Morgan fingerprint density at radius 3 is 2.96 bits per heavy atom. The van der Waals surface area contributed by atoms with Gasteiger partial charge >= 0.3 is 5.63 Å². The summed E-state index contributed by atoms with van der Waals surface area (Å²) in [5.41, 5.74) is 0.193. The number of hydrogen-bond acceptors (Lipinski definition) is 4. The summed E-state index contributed by atoms with van der Waals surface area (Å²) in [7, 11) is 0. The van der Waals surface area contributed by atoms with Crippen molar-refractivity contribution in [3.63, 3.8) is 0 Å². The first-order chi connectivity index (χ1) is 11.1. The molecule has 0 N–H and O–H groups in total. The first-order valence-electron chi connectivity index (χ1n) is 7.88. The van der Waals surface area contributed by atoms with Gasteiger partial charge in [0.1, 0.15) is 5.58 Å². The Morgan fingerprint density at radius 2 is 2.13 bits per heavy atom. The van der Waals surface area contributed by atoms with Gasteiger partial charge in [0, 0.05) is 18.5 Å². The van der Waals surface area contributed by atoms with Crippen molar-refractivity contribution in [2.45, 2.75) is 19.8 Å². The topological polar surface area (TPSA) is 50.5 Å². The van der Waals surface area contributed by atoms with E-state index in [-0.39, 0.29) is 11.5 Å². The molecule has 5 heteroatoms. The molecular formula is C18H17NO3S. The Kier molecular flexibility index (Phi) is 3.45. The fraction of sp³-hybridized carbons (Fsp3) is 0.333. The lowest BCUT2D eigenvalue weighted by Gasteiger charge is -2.30. The van der Waals surface area contributed by atoms with Crippen LogP contribution in [0.4, 0.5) is 0 Å². The number of hydrogen-bond donors (Lipinski definition) is 0. The van der Waals surface area contributed by atoms with Crippen LogP contribution in [0, 0.1) is 5.92 Å². The van der Waals surface area contributed by atoms with Crippen molar-refractivity contribution in [2.75, 3.05) is 13.1 Å². The van der Waals surface area contributed by atoms with E-state index in [4.69, 9.17) is 4.42 Å². The molecule has 0 aliphatic carbocycles. The molecule has 3 aromatic rings. The van der Waals surface area contributed by atoms with Crippen molar-refractivity contribution in [1.29, 1.82) is 0 Å². The van der Waals surface area contributed by atoms with Gasteiger partial charge in [-0.05, 0) is 37.0 Å². The van der Waals surface area contributed by atoms with Crippen LogP contribution in [0.3, 0.4) is 0 Å². The minimum absolute atomic E-state index is 0.0289. The molecule has 1 saturated heterocycles. The van der Waals surface area contributed by atoms with Crippen LogP contribution in [0.2, 0.25) is 0 Å². The number of rotatable bonds is 1. The largest absolute Gasteiger partial charge is 0.422 e. The van der Waals surface area contributed by atoms with E-state index in [0.29, 0.717) is 21.8 Å². The average molecular weight is 327 g/mol. The second-order valence-electron chi connectivity index (χ2n) is 6.24. The molecule has 1 aliphatic heterocycles. The van der Waals surface area contributed by atoms with Crippen LogP contribution in [-0.2, 0) is 0 Å². The number of thiophene rings is 1. The van der Waals surface area contributed by atoms with Gasteiger partial charge in [-0.25, -0.2) is 4.79 Å². The fourth-order valence-electron chi connectivity index (χ4n) is 3.28. The third-order valence-corrected chi connectivity index (χ3v) is 5.60. The average Bonchev–Trinajstić information content (AvgIpc) is 3.00. The molecule has 0 radical (unpaired) electrons. The summed E-state index contributed by atoms with van der Waals surface area (Å²) in [6, 6.07) is 9.15. The summed E-state index contributed by atoms with van der Waals surface area (Å²) < 4.78 is 6.19. The standard InChI is InChI=1S/C18H17NO3S/c1-11-5-4-8-19(10-11)17(20)15-9-13-16(23-15)12-6-2-3-7-14(12)22-18(13)21/h2-3,6-7,9,11H,4-5,8,10H2,1H3/t11-/m0/s1. The van der Waals surface area contributed by atoms with Gasteiger partial charge in [0.25, 0.3) is 5.91 Å². The van der Waals surface area contributed by atoms with E-state index in [1.54, 1.807) is 12.1 Å². The van der Waals surface area contributed by atoms with Gasteiger partial charge in [0.15, 0.2) is 0 Å². The third kappa shape index (κ3) is 2.45. The predicted molar refractivity (Wildman–Crippen MR) is 92.2 cm³/mol. The Hall–Kier alpha value is -2.14. The van der Waals surface area contributed by atoms with Crippen LogP contribution in [-0.4, -0.2) is 23.9 Å². The lowest BCUT2D eigenvalue weighted by molar-refractivity contribution is 0.0688. The number of amides is 1. The van der Waals surface area contributed by atoms with Gasteiger partial charge in [-0.1, -0.05) is 19.1 Å². The van der Waals surface area contributed by atoms with Gasteiger partial charge in [0.2, 0.25) is 0 Å². The van der Waals surface area contributed by atoms with E-state index in [1.165, 1.54) is 17.8 Å². The summed E-state index contributed by atoms with van der Waals surface area (Å²) in [5.74, 6) is 0.564. The van der Waals surface area contributed by atoms with Crippen molar-refractivity contribution < 1.29 is 9.21 Å². The number of nitrogens with zero attached hydrogens (tertiary/aromatic N) is 1. The van der Waals surface area contributed by atoms with E-state index in [1.807, 2.05) is 23.1 Å². The minimum atomic E-state index is -0.374. The number of fused-ring (bicyclic) bond motifs is 3. The molecule has 1 atom stereocenters. The zero-order chi connectivity index (χ0) is 16.0. The first kappa shape index (κ1) is 14.5. The number of para-hydroxylation sites is 1. The van der Waals surface area contributed by atoms with Crippen LogP contribution >= 0.6 is 11.3 Å². The highest BCUT2D eigenvalue weighted by Gasteiger charge is 2.24. The molecule has 2 aromatic heterocycles. The lowest BCUT2D eigenvalue weighted by atomic mass is 10.0. The summed E-state index contributed by atoms with van der Waals surface area (Å²) in [4.78, 5) is 27.5. The highest BCUT2D eigenvalue weighted by molar-refractivity contribution is 7.21. The molecule has 23 heavy (non-hydrogen) atoms. The third-order valence-electron chi connectivity index (χ3n) is 4.44. The quantitative estimate of drug-likeness (QED) is 0.637. The molecule has 4 nitrogen and oxygen atoms in total. The molecule has 0 saturated carbocycles. The normalized spacial score (nSPS) is 18.7. The van der Waals surface area contributed by atoms with Gasteiger partial charge in [-0.3, -0.25) is 4.79 Å².